The zero-order chi connectivity index (χ0) is 13.0. The van der Waals surface area contributed by atoms with E-state index in [1.807, 2.05) is 0 Å². The topological polar surface area (TPSA) is 63.6 Å². The summed E-state index contributed by atoms with van der Waals surface area (Å²) in [6.07, 6.45) is -0.231. The van der Waals surface area contributed by atoms with Crippen molar-refractivity contribution >= 4 is 27.7 Å². The van der Waals surface area contributed by atoms with Crippen LogP contribution in [0.1, 0.15) is 22.8 Å². The van der Waals surface area contributed by atoms with Gasteiger partial charge in [0.1, 0.15) is 5.75 Å². The first-order chi connectivity index (χ1) is 7.97. The molecule has 1 aromatic rings. The predicted octanol–water partition coefficient (Wildman–Crippen LogP) is 2.29. The number of methoxy groups -OCH3 is 1. The fourth-order valence-corrected chi connectivity index (χ4v) is 1.78. The van der Waals surface area contributed by atoms with E-state index in [0.29, 0.717) is 16.9 Å². The maximum Gasteiger partial charge on any atom is 0.307 e. The Bertz CT molecular complexity index is 440. The summed E-state index contributed by atoms with van der Waals surface area (Å²) in [5.41, 5.74) is 0.801. The van der Waals surface area contributed by atoms with E-state index >= 15 is 0 Å². The molecule has 0 saturated heterocycles. The molecule has 0 aliphatic heterocycles. The van der Waals surface area contributed by atoms with Gasteiger partial charge in [0.15, 0.2) is 5.78 Å². The van der Waals surface area contributed by atoms with Crippen molar-refractivity contribution in [3.8, 4) is 5.75 Å². The van der Waals surface area contributed by atoms with E-state index < -0.39 is 5.97 Å². The summed E-state index contributed by atoms with van der Waals surface area (Å²) < 4.78 is 5.09. The molecule has 0 saturated carbocycles. The number of carbonyl (C=O) groups is 2. The predicted molar refractivity (Wildman–Crippen MR) is 67.1 cm³/mol. The third-order valence-electron chi connectivity index (χ3n) is 2.31. The number of ketones is 1. The average Bonchev–Trinajstić information content (AvgIpc) is 2.27. The van der Waals surface area contributed by atoms with Crippen LogP contribution in [-0.4, -0.2) is 28.8 Å². The first-order valence-electron chi connectivity index (χ1n) is 5.03. The van der Waals surface area contributed by atoms with Gasteiger partial charge in [-0.25, -0.2) is 0 Å². The number of rotatable bonds is 5. The van der Waals surface area contributed by atoms with E-state index in [1.54, 1.807) is 25.1 Å². The molecule has 1 rings (SSSR count). The molecule has 4 nitrogen and oxygen atoms in total. The van der Waals surface area contributed by atoms with E-state index in [4.69, 9.17) is 9.84 Å². The molecule has 1 aromatic carbocycles. The lowest BCUT2D eigenvalue weighted by atomic mass is 9.98. The van der Waals surface area contributed by atoms with Gasteiger partial charge in [-0.3, -0.25) is 9.59 Å². The van der Waals surface area contributed by atoms with Crippen LogP contribution in [-0.2, 0) is 11.2 Å². The van der Waals surface area contributed by atoms with Gasteiger partial charge in [-0.2, -0.15) is 0 Å². The fourth-order valence-electron chi connectivity index (χ4n) is 1.54. The molecule has 0 aromatic heterocycles. The van der Waals surface area contributed by atoms with E-state index in [-0.39, 0.29) is 17.0 Å². The number of carbonyl (C=O) groups excluding carboxylic acids is 1. The maximum atomic E-state index is 11.9. The summed E-state index contributed by atoms with van der Waals surface area (Å²) in [6, 6.07) is 4.93. The van der Waals surface area contributed by atoms with Gasteiger partial charge in [-0.1, -0.05) is 28.1 Å². The molecule has 1 unspecified atom stereocenters. The minimum Gasteiger partial charge on any atom is -0.496 e. The van der Waals surface area contributed by atoms with Crippen molar-refractivity contribution in [1.82, 2.24) is 0 Å². The van der Waals surface area contributed by atoms with E-state index in [2.05, 4.69) is 15.9 Å². The molecular weight excluding hydrogens is 288 g/mol. The SMILES string of the molecule is COc1cccc(C(=O)C(C)Br)c1CC(=O)O. The lowest BCUT2D eigenvalue weighted by Crippen LogP contribution is -2.15. The van der Waals surface area contributed by atoms with Gasteiger partial charge < -0.3 is 9.84 Å². The summed E-state index contributed by atoms with van der Waals surface area (Å²) >= 11 is 3.19. The summed E-state index contributed by atoms with van der Waals surface area (Å²) in [5, 5.41) is 8.85. The van der Waals surface area contributed by atoms with E-state index in [9.17, 15) is 9.59 Å². The van der Waals surface area contributed by atoms with Crippen molar-refractivity contribution in [1.29, 1.82) is 0 Å². The molecule has 0 amide bonds. The Morgan fingerprint density at radius 1 is 1.47 bits per heavy atom. The fraction of sp³-hybridized carbons (Fsp3) is 0.333. The standard InChI is InChI=1S/C12H13BrO4/c1-7(13)12(16)8-4-3-5-10(17-2)9(8)6-11(14)15/h3-5,7H,6H2,1-2H3,(H,14,15). The third kappa shape index (κ3) is 3.30. The quantitative estimate of drug-likeness (QED) is 0.669. The highest BCUT2D eigenvalue weighted by Crippen LogP contribution is 2.25. The van der Waals surface area contributed by atoms with Crippen LogP contribution in [0.25, 0.3) is 0 Å². The molecule has 0 aliphatic rings. The Labute approximate surface area is 108 Å². The lowest BCUT2D eigenvalue weighted by Gasteiger charge is -2.12. The van der Waals surface area contributed by atoms with Crippen molar-refractivity contribution in [2.75, 3.05) is 7.11 Å². The van der Waals surface area contributed by atoms with Crippen molar-refractivity contribution in [3.05, 3.63) is 29.3 Å². The highest BCUT2D eigenvalue weighted by molar-refractivity contribution is 9.10. The molecule has 1 atom stereocenters. The summed E-state index contributed by atoms with van der Waals surface area (Å²) in [5.74, 6) is -0.725. The Morgan fingerprint density at radius 2 is 2.12 bits per heavy atom. The second-order valence-corrected chi connectivity index (χ2v) is 4.91. The Balaban J connectivity index is 3.28. The van der Waals surface area contributed by atoms with Crippen LogP contribution in [0.5, 0.6) is 5.75 Å². The van der Waals surface area contributed by atoms with Gasteiger partial charge >= 0.3 is 5.97 Å². The smallest absolute Gasteiger partial charge is 0.307 e. The third-order valence-corrected chi connectivity index (χ3v) is 2.72. The molecule has 0 spiro atoms. The number of benzene rings is 1. The van der Waals surface area contributed by atoms with Crippen LogP contribution < -0.4 is 4.74 Å². The van der Waals surface area contributed by atoms with Gasteiger partial charge in [-0.15, -0.1) is 0 Å². The molecule has 0 radical (unpaired) electrons. The number of hydrogen-bond acceptors (Lipinski definition) is 3. The number of carboxylic acids is 1. The number of carboxylic acid groups (broad SMARTS) is 1. The van der Waals surface area contributed by atoms with Crippen LogP contribution in [0.4, 0.5) is 0 Å². The van der Waals surface area contributed by atoms with Crippen LogP contribution >= 0.6 is 15.9 Å². The normalized spacial score (nSPS) is 11.9. The van der Waals surface area contributed by atoms with Crippen LogP contribution in [0.2, 0.25) is 0 Å². The molecule has 1 N–H and O–H groups in total. The van der Waals surface area contributed by atoms with Crippen LogP contribution in [0.3, 0.4) is 0 Å². The van der Waals surface area contributed by atoms with Gasteiger partial charge in [-0.05, 0) is 13.0 Å². The molecule has 92 valence electrons. The number of halogens is 1. The van der Waals surface area contributed by atoms with E-state index in [1.165, 1.54) is 7.11 Å². The Kier molecular flexibility index (Phi) is 4.69. The molecule has 5 heteroatoms. The zero-order valence-electron chi connectivity index (χ0n) is 9.57. The maximum absolute atomic E-state index is 11.9. The average molecular weight is 301 g/mol. The van der Waals surface area contributed by atoms with Crippen molar-refractivity contribution in [3.63, 3.8) is 0 Å². The number of hydrogen-bond donors (Lipinski definition) is 1. The van der Waals surface area contributed by atoms with Gasteiger partial charge in [0.2, 0.25) is 0 Å². The lowest BCUT2D eigenvalue weighted by molar-refractivity contribution is -0.136. The molecule has 0 heterocycles. The molecule has 17 heavy (non-hydrogen) atoms. The number of Topliss-reactive ketones (excluding diaryl/α,β-unsaturated/α-hetero) is 1. The van der Waals surface area contributed by atoms with Crippen LogP contribution in [0, 0.1) is 0 Å². The van der Waals surface area contributed by atoms with Crippen molar-refractivity contribution in [2.24, 2.45) is 0 Å². The number of alkyl halides is 1. The van der Waals surface area contributed by atoms with Gasteiger partial charge in [0, 0.05) is 11.1 Å². The molecule has 0 aliphatic carbocycles. The number of aliphatic carboxylic acids is 1. The Hall–Kier alpha value is -1.36. The number of ether oxygens (including phenoxy) is 1. The highest BCUT2D eigenvalue weighted by atomic mass is 79.9. The minimum absolute atomic E-state index is 0.153. The van der Waals surface area contributed by atoms with Crippen LogP contribution in [0.15, 0.2) is 18.2 Å². The largest absolute Gasteiger partial charge is 0.496 e. The zero-order valence-corrected chi connectivity index (χ0v) is 11.2. The van der Waals surface area contributed by atoms with Crippen molar-refractivity contribution in [2.45, 2.75) is 18.2 Å². The van der Waals surface area contributed by atoms with Gasteiger partial charge in [0.25, 0.3) is 0 Å². The van der Waals surface area contributed by atoms with E-state index in [0.717, 1.165) is 0 Å². The minimum atomic E-state index is -0.995. The second kappa shape index (κ2) is 5.82. The monoisotopic (exact) mass is 300 g/mol. The Morgan fingerprint density at radius 3 is 2.59 bits per heavy atom. The summed E-state index contributed by atoms with van der Waals surface area (Å²) in [6.45, 7) is 1.70. The summed E-state index contributed by atoms with van der Waals surface area (Å²) in [7, 11) is 1.45. The van der Waals surface area contributed by atoms with Gasteiger partial charge in [0.05, 0.1) is 18.4 Å². The van der Waals surface area contributed by atoms with Crippen molar-refractivity contribution < 1.29 is 19.4 Å². The molecule has 0 bridgehead atoms. The second-order valence-electron chi connectivity index (χ2n) is 3.54. The summed E-state index contributed by atoms with van der Waals surface area (Å²) in [4.78, 5) is 22.4. The molecule has 0 fully saturated rings. The molecular formula is C12H13BrO4. The highest BCUT2D eigenvalue weighted by Gasteiger charge is 2.20. The first-order valence-corrected chi connectivity index (χ1v) is 5.95. The first kappa shape index (κ1) is 13.7.